The Morgan fingerprint density at radius 3 is 2.65 bits per heavy atom. The molecule has 1 amide bonds. The molecule has 0 saturated carbocycles. The Morgan fingerprint density at radius 1 is 1.53 bits per heavy atom. The summed E-state index contributed by atoms with van der Waals surface area (Å²) in [6.45, 7) is 4.63. The summed E-state index contributed by atoms with van der Waals surface area (Å²) in [5.41, 5.74) is 6.96. The Morgan fingerprint density at radius 2 is 2.18 bits per heavy atom. The third-order valence-corrected chi connectivity index (χ3v) is 2.26. The summed E-state index contributed by atoms with van der Waals surface area (Å²) >= 11 is 0. The molecule has 0 aromatic carbocycles. The lowest BCUT2D eigenvalue weighted by molar-refractivity contribution is -0.123. The Hall–Kier alpha value is -1.27. The first-order valence-corrected chi connectivity index (χ1v) is 5.16. The molecule has 0 aliphatic carbocycles. The van der Waals surface area contributed by atoms with Gasteiger partial charge in [-0.05, 0) is 13.8 Å². The lowest BCUT2D eigenvalue weighted by Gasteiger charge is -2.06. The predicted octanol–water partition coefficient (Wildman–Crippen LogP) is -0.0876. The molecule has 0 unspecified atom stereocenters. The number of carbonyl (C=O) groups excluding carboxylic acids is 1. The van der Waals surface area contributed by atoms with Crippen LogP contribution in [-0.4, -0.2) is 35.4 Å². The molecule has 0 spiro atoms. The Bertz CT molecular complexity index is 379. The predicted molar refractivity (Wildman–Crippen MR) is 67.5 cm³/mol. The van der Waals surface area contributed by atoms with Crippen molar-refractivity contribution in [3.63, 3.8) is 0 Å². The number of halogens is 1. The molecule has 0 aliphatic heterocycles. The van der Waals surface area contributed by atoms with Crippen LogP contribution in [0.1, 0.15) is 11.4 Å². The first-order valence-electron chi connectivity index (χ1n) is 5.16. The minimum absolute atomic E-state index is 0. The fourth-order valence-corrected chi connectivity index (χ4v) is 1.36. The number of carbonyl (C=O) groups is 1. The number of rotatable bonds is 5. The van der Waals surface area contributed by atoms with E-state index in [1.165, 1.54) is 0 Å². The zero-order chi connectivity index (χ0) is 12.1. The first-order chi connectivity index (χ1) is 7.56. The third-order valence-electron chi connectivity index (χ3n) is 2.26. The third kappa shape index (κ3) is 4.24. The van der Waals surface area contributed by atoms with E-state index in [1.54, 1.807) is 4.68 Å². The highest BCUT2D eigenvalue weighted by atomic mass is 35.5. The standard InChI is InChI=1S/C10H18N4O2.ClH/c1-7-10(8(2)14(3)13-7)16-6-9(15)12-5-4-11;/h4-6,11H2,1-3H3,(H,12,15);1H. The van der Waals surface area contributed by atoms with Gasteiger partial charge in [-0.15, -0.1) is 12.4 Å². The second kappa shape index (κ2) is 7.13. The summed E-state index contributed by atoms with van der Waals surface area (Å²) in [5.74, 6) is 0.499. The molecule has 0 aliphatic rings. The number of amides is 1. The smallest absolute Gasteiger partial charge is 0.257 e. The van der Waals surface area contributed by atoms with Crippen molar-refractivity contribution in [1.82, 2.24) is 15.1 Å². The van der Waals surface area contributed by atoms with Gasteiger partial charge in [0.2, 0.25) is 0 Å². The SMILES string of the molecule is Cc1nn(C)c(C)c1OCC(=O)NCCN.Cl. The van der Waals surface area contributed by atoms with E-state index >= 15 is 0 Å². The van der Waals surface area contributed by atoms with Gasteiger partial charge in [0.15, 0.2) is 12.4 Å². The molecule has 3 N–H and O–H groups in total. The van der Waals surface area contributed by atoms with Crippen LogP contribution in [0.2, 0.25) is 0 Å². The minimum Gasteiger partial charge on any atom is -0.480 e. The van der Waals surface area contributed by atoms with Crippen LogP contribution in [0, 0.1) is 13.8 Å². The van der Waals surface area contributed by atoms with Gasteiger partial charge in [0, 0.05) is 20.1 Å². The normalized spacial score (nSPS) is 9.65. The van der Waals surface area contributed by atoms with Gasteiger partial charge in [0.25, 0.3) is 5.91 Å². The van der Waals surface area contributed by atoms with Crippen LogP contribution in [0.3, 0.4) is 0 Å². The highest BCUT2D eigenvalue weighted by molar-refractivity contribution is 5.85. The average molecular weight is 263 g/mol. The average Bonchev–Trinajstić information content (AvgIpc) is 2.48. The minimum atomic E-state index is -0.173. The molecule has 1 rings (SSSR count). The van der Waals surface area contributed by atoms with Crippen molar-refractivity contribution in [3.05, 3.63) is 11.4 Å². The van der Waals surface area contributed by atoms with Crippen molar-refractivity contribution < 1.29 is 9.53 Å². The van der Waals surface area contributed by atoms with Crippen LogP contribution in [0.25, 0.3) is 0 Å². The first kappa shape index (κ1) is 15.7. The van der Waals surface area contributed by atoms with E-state index in [2.05, 4.69) is 10.4 Å². The molecule has 0 radical (unpaired) electrons. The van der Waals surface area contributed by atoms with E-state index in [0.717, 1.165) is 11.4 Å². The lowest BCUT2D eigenvalue weighted by atomic mass is 10.3. The number of aryl methyl sites for hydroxylation is 2. The maximum Gasteiger partial charge on any atom is 0.257 e. The van der Waals surface area contributed by atoms with Gasteiger partial charge in [-0.25, -0.2) is 0 Å². The van der Waals surface area contributed by atoms with Crippen molar-refractivity contribution in [2.24, 2.45) is 12.8 Å². The van der Waals surface area contributed by atoms with Crippen LogP contribution in [0.15, 0.2) is 0 Å². The zero-order valence-electron chi connectivity index (χ0n) is 10.3. The second-order valence-electron chi connectivity index (χ2n) is 3.55. The number of hydrogen-bond acceptors (Lipinski definition) is 4. The van der Waals surface area contributed by atoms with E-state index in [9.17, 15) is 4.79 Å². The number of aromatic nitrogens is 2. The number of ether oxygens (including phenoxy) is 1. The summed E-state index contributed by atoms with van der Waals surface area (Å²) in [4.78, 5) is 11.3. The van der Waals surface area contributed by atoms with Gasteiger partial charge in [0.1, 0.15) is 5.69 Å². The van der Waals surface area contributed by atoms with Crippen LogP contribution >= 0.6 is 12.4 Å². The number of nitrogens with one attached hydrogen (secondary N) is 1. The number of nitrogens with two attached hydrogens (primary N) is 1. The maximum absolute atomic E-state index is 11.3. The molecule has 0 fully saturated rings. The molecular formula is C10H19ClN4O2. The van der Waals surface area contributed by atoms with E-state index in [1.807, 2.05) is 20.9 Å². The molecule has 17 heavy (non-hydrogen) atoms. The Kier molecular flexibility index (Phi) is 6.60. The molecule has 1 aromatic rings. The van der Waals surface area contributed by atoms with Gasteiger partial charge in [-0.3, -0.25) is 9.48 Å². The van der Waals surface area contributed by atoms with Crippen molar-refractivity contribution >= 4 is 18.3 Å². The maximum atomic E-state index is 11.3. The highest BCUT2D eigenvalue weighted by Crippen LogP contribution is 2.20. The molecule has 1 heterocycles. The summed E-state index contributed by atoms with van der Waals surface area (Å²) in [7, 11) is 1.84. The van der Waals surface area contributed by atoms with Gasteiger partial charge in [-0.2, -0.15) is 5.10 Å². The van der Waals surface area contributed by atoms with Crippen molar-refractivity contribution in [3.8, 4) is 5.75 Å². The molecule has 1 aromatic heterocycles. The van der Waals surface area contributed by atoms with E-state index in [-0.39, 0.29) is 24.9 Å². The second-order valence-corrected chi connectivity index (χ2v) is 3.55. The van der Waals surface area contributed by atoms with Crippen molar-refractivity contribution in [1.29, 1.82) is 0 Å². The van der Waals surface area contributed by atoms with Crippen molar-refractivity contribution in [2.75, 3.05) is 19.7 Å². The van der Waals surface area contributed by atoms with E-state index in [0.29, 0.717) is 18.8 Å². The quantitative estimate of drug-likeness (QED) is 0.777. The highest BCUT2D eigenvalue weighted by Gasteiger charge is 2.11. The largest absolute Gasteiger partial charge is 0.480 e. The number of nitrogens with zero attached hydrogens (tertiary/aromatic N) is 2. The van der Waals surface area contributed by atoms with Crippen LogP contribution in [-0.2, 0) is 11.8 Å². The van der Waals surface area contributed by atoms with Crippen LogP contribution in [0.4, 0.5) is 0 Å². The number of hydrogen-bond donors (Lipinski definition) is 2. The van der Waals surface area contributed by atoms with Gasteiger partial charge in [-0.1, -0.05) is 0 Å². The fourth-order valence-electron chi connectivity index (χ4n) is 1.36. The molecule has 98 valence electrons. The molecule has 0 atom stereocenters. The van der Waals surface area contributed by atoms with Crippen LogP contribution in [0.5, 0.6) is 5.75 Å². The Balaban J connectivity index is 0.00000256. The molecule has 0 bridgehead atoms. The Labute approximate surface area is 107 Å². The van der Waals surface area contributed by atoms with E-state index < -0.39 is 0 Å². The molecule has 7 heteroatoms. The zero-order valence-corrected chi connectivity index (χ0v) is 11.1. The fraction of sp³-hybridized carbons (Fsp3) is 0.600. The lowest BCUT2D eigenvalue weighted by Crippen LogP contribution is -2.33. The van der Waals surface area contributed by atoms with Crippen LogP contribution < -0.4 is 15.8 Å². The molecular weight excluding hydrogens is 244 g/mol. The summed E-state index contributed by atoms with van der Waals surface area (Å²) in [6.07, 6.45) is 0. The van der Waals surface area contributed by atoms with Crippen molar-refractivity contribution in [2.45, 2.75) is 13.8 Å². The molecule has 6 nitrogen and oxygen atoms in total. The summed E-state index contributed by atoms with van der Waals surface area (Å²) in [5, 5.41) is 6.82. The molecule has 0 saturated heterocycles. The monoisotopic (exact) mass is 262 g/mol. The van der Waals surface area contributed by atoms with Gasteiger partial charge < -0.3 is 15.8 Å². The van der Waals surface area contributed by atoms with E-state index in [4.69, 9.17) is 10.5 Å². The van der Waals surface area contributed by atoms with Gasteiger partial charge >= 0.3 is 0 Å². The summed E-state index contributed by atoms with van der Waals surface area (Å²) < 4.78 is 7.14. The van der Waals surface area contributed by atoms with Gasteiger partial charge in [0.05, 0.1) is 5.69 Å². The topological polar surface area (TPSA) is 82.2 Å². The summed E-state index contributed by atoms with van der Waals surface area (Å²) in [6, 6.07) is 0.